The molecular formula is C21H22O2Si. The average Bonchev–Trinajstić information content (AvgIpc) is 2.89. The smallest absolute Gasteiger partial charge is 0.184 e. The van der Waals surface area contributed by atoms with Crippen LogP contribution in [-0.4, -0.2) is 8.32 Å². The standard InChI is InChI=1S/C21H22O2Si/c1-24(2,3)23-21-18-13-16-11-7-8-12-17(16)14-19(18)22-20(21)15-9-5-4-6-10-15/h4-14,20-21H,1-3H3/t20-,21-/m1/s1. The summed E-state index contributed by atoms with van der Waals surface area (Å²) in [6.07, 6.45) is -0.122. The fraction of sp³-hybridized carbons (Fsp3) is 0.238. The predicted octanol–water partition coefficient (Wildman–Crippen LogP) is 5.87. The van der Waals surface area contributed by atoms with Crippen LogP contribution in [0.2, 0.25) is 19.6 Å². The van der Waals surface area contributed by atoms with E-state index in [1.54, 1.807) is 0 Å². The molecular weight excluding hydrogens is 312 g/mol. The minimum atomic E-state index is -1.71. The molecule has 3 aromatic carbocycles. The van der Waals surface area contributed by atoms with Gasteiger partial charge in [0.25, 0.3) is 0 Å². The van der Waals surface area contributed by atoms with Gasteiger partial charge in [-0.05, 0) is 48.1 Å². The molecule has 4 rings (SSSR count). The van der Waals surface area contributed by atoms with Gasteiger partial charge in [0, 0.05) is 5.56 Å². The highest BCUT2D eigenvalue weighted by atomic mass is 28.4. The Balaban J connectivity index is 1.83. The third-order valence-corrected chi connectivity index (χ3v) is 5.28. The molecule has 0 unspecified atom stereocenters. The van der Waals surface area contributed by atoms with Crippen LogP contribution in [-0.2, 0) is 4.43 Å². The van der Waals surface area contributed by atoms with Gasteiger partial charge in [0.15, 0.2) is 14.4 Å². The van der Waals surface area contributed by atoms with E-state index in [-0.39, 0.29) is 12.2 Å². The molecule has 3 aromatic rings. The van der Waals surface area contributed by atoms with Gasteiger partial charge >= 0.3 is 0 Å². The molecule has 0 aromatic heterocycles. The second-order valence-electron chi connectivity index (χ2n) is 7.34. The van der Waals surface area contributed by atoms with E-state index in [0.717, 1.165) is 5.75 Å². The highest BCUT2D eigenvalue weighted by molar-refractivity contribution is 6.69. The van der Waals surface area contributed by atoms with Crippen molar-refractivity contribution in [2.75, 3.05) is 0 Å². The topological polar surface area (TPSA) is 18.5 Å². The van der Waals surface area contributed by atoms with Gasteiger partial charge in [0.05, 0.1) is 0 Å². The maximum Gasteiger partial charge on any atom is 0.184 e. The Bertz CT molecular complexity index is 868. The summed E-state index contributed by atoms with van der Waals surface area (Å²) in [6, 6.07) is 23.2. The van der Waals surface area contributed by atoms with Crippen LogP contribution >= 0.6 is 0 Å². The molecule has 0 saturated heterocycles. The first-order valence-corrected chi connectivity index (χ1v) is 11.8. The SMILES string of the molecule is C[Si](C)(C)O[C@@H]1c2cc3ccccc3cc2O[C@@H]1c1ccccc1. The molecule has 0 bridgehead atoms. The summed E-state index contributed by atoms with van der Waals surface area (Å²) in [7, 11) is -1.71. The Morgan fingerprint density at radius 3 is 2.12 bits per heavy atom. The largest absolute Gasteiger partial charge is 0.482 e. The van der Waals surface area contributed by atoms with E-state index in [4.69, 9.17) is 9.16 Å². The summed E-state index contributed by atoms with van der Waals surface area (Å²) in [5, 5.41) is 2.44. The van der Waals surface area contributed by atoms with Crippen LogP contribution in [0, 0.1) is 0 Å². The average molecular weight is 334 g/mol. The number of hydrogen-bond donors (Lipinski definition) is 0. The van der Waals surface area contributed by atoms with Crippen molar-refractivity contribution >= 4 is 19.1 Å². The van der Waals surface area contributed by atoms with Gasteiger partial charge < -0.3 is 9.16 Å². The molecule has 0 fully saturated rings. The molecule has 2 atom stereocenters. The van der Waals surface area contributed by atoms with Crippen LogP contribution in [0.1, 0.15) is 23.3 Å². The summed E-state index contributed by atoms with van der Waals surface area (Å²) < 4.78 is 12.9. The van der Waals surface area contributed by atoms with Gasteiger partial charge in [-0.3, -0.25) is 0 Å². The number of benzene rings is 3. The molecule has 2 nitrogen and oxygen atoms in total. The molecule has 1 aliphatic rings. The molecule has 3 heteroatoms. The Morgan fingerprint density at radius 2 is 1.46 bits per heavy atom. The molecule has 1 aliphatic heterocycles. The Hall–Kier alpha value is -2.10. The van der Waals surface area contributed by atoms with Crippen LogP contribution in [0.25, 0.3) is 10.8 Å². The lowest BCUT2D eigenvalue weighted by atomic mass is 9.98. The molecule has 0 amide bonds. The van der Waals surface area contributed by atoms with E-state index in [9.17, 15) is 0 Å². The maximum absolute atomic E-state index is 6.55. The first-order chi connectivity index (χ1) is 11.5. The van der Waals surface area contributed by atoms with Crippen molar-refractivity contribution in [2.45, 2.75) is 31.8 Å². The van der Waals surface area contributed by atoms with E-state index in [2.05, 4.69) is 80.3 Å². The maximum atomic E-state index is 6.55. The molecule has 0 saturated carbocycles. The molecule has 0 spiro atoms. The van der Waals surface area contributed by atoms with Crippen LogP contribution in [0.3, 0.4) is 0 Å². The van der Waals surface area contributed by atoms with Gasteiger partial charge in [-0.25, -0.2) is 0 Å². The summed E-state index contributed by atoms with van der Waals surface area (Å²) in [5.41, 5.74) is 2.34. The van der Waals surface area contributed by atoms with E-state index in [1.807, 2.05) is 6.07 Å². The molecule has 0 aliphatic carbocycles. The molecule has 24 heavy (non-hydrogen) atoms. The summed E-state index contributed by atoms with van der Waals surface area (Å²) in [6.45, 7) is 6.69. The van der Waals surface area contributed by atoms with Crippen LogP contribution < -0.4 is 4.74 Å². The van der Waals surface area contributed by atoms with Crippen molar-refractivity contribution in [1.29, 1.82) is 0 Å². The Kier molecular flexibility index (Phi) is 3.70. The zero-order chi connectivity index (χ0) is 16.7. The first-order valence-electron chi connectivity index (χ1n) is 8.43. The van der Waals surface area contributed by atoms with Gasteiger partial charge in [-0.2, -0.15) is 0 Å². The van der Waals surface area contributed by atoms with Crippen LogP contribution in [0.5, 0.6) is 5.75 Å². The number of ether oxygens (including phenoxy) is 1. The van der Waals surface area contributed by atoms with Crippen molar-refractivity contribution in [2.24, 2.45) is 0 Å². The summed E-state index contributed by atoms with van der Waals surface area (Å²) in [5.74, 6) is 0.950. The molecule has 1 heterocycles. The van der Waals surface area contributed by atoms with Crippen molar-refractivity contribution < 1.29 is 9.16 Å². The first kappa shape index (κ1) is 15.4. The third kappa shape index (κ3) is 2.85. The fourth-order valence-corrected chi connectivity index (χ4v) is 4.33. The number of hydrogen-bond acceptors (Lipinski definition) is 2. The summed E-state index contributed by atoms with van der Waals surface area (Å²) in [4.78, 5) is 0. The number of fused-ring (bicyclic) bond motifs is 2. The van der Waals surface area contributed by atoms with Gasteiger partial charge in [0.1, 0.15) is 11.9 Å². The fourth-order valence-electron chi connectivity index (χ4n) is 3.31. The zero-order valence-electron chi connectivity index (χ0n) is 14.3. The Morgan fingerprint density at radius 1 is 0.833 bits per heavy atom. The van der Waals surface area contributed by atoms with E-state index in [1.165, 1.54) is 21.9 Å². The van der Waals surface area contributed by atoms with Gasteiger partial charge in [-0.15, -0.1) is 0 Å². The second-order valence-corrected chi connectivity index (χ2v) is 11.8. The molecule has 122 valence electrons. The van der Waals surface area contributed by atoms with E-state index >= 15 is 0 Å². The Labute approximate surface area is 144 Å². The lowest BCUT2D eigenvalue weighted by molar-refractivity contribution is 0.0810. The van der Waals surface area contributed by atoms with Crippen LogP contribution in [0.15, 0.2) is 66.7 Å². The highest BCUT2D eigenvalue weighted by Gasteiger charge is 2.39. The molecule has 0 N–H and O–H groups in total. The van der Waals surface area contributed by atoms with E-state index < -0.39 is 8.32 Å². The normalized spacial score (nSPS) is 20.0. The minimum Gasteiger partial charge on any atom is -0.482 e. The van der Waals surface area contributed by atoms with Crippen molar-refractivity contribution in [3.8, 4) is 5.75 Å². The minimum absolute atomic E-state index is 0.0429. The number of rotatable bonds is 3. The highest BCUT2D eigenvalue weighted by Crippen LogP contribution is 2.49. The lowest BCUT2D eigenvalue weighted by Crippen LogP contribution is -2.29. The van der Waals surface area contributed by atoms with Crippen molar-refractivity contribution in [3.05, 3.63) is 77.9 Å². The van der Waals surface area contributed by atoms with Crippen molar-refractivity contribution in [3.63, 3.8) is 0 Å². The van der Waals surface area contributed by atoms with E-state index in [0.29, 0.717) is 0 Å². The predicted molar refractivity (Wildman–Crippen MR) is 101 cm³/mol. The van der Waals surface area contributed by atoms with Crippen LogP contribution in [0.4, 0.5) is 0 Å². The van der Waals surface area contributed by atoms with Crippen molar-refractivity contribution in [1.82, 2.24) is 0 Å². The quantitative estimate of drug-likeness (QED) is 0.558. The third-order valence-electron chi connectivity index (χ3n) is 4.32. The lowest BCUT2D eigenvalue weighted by Gasteiger charge is -2.27. The van der Waals surface area contributed by atoms with Gasteiger partial charge in [-0.1, -0.05) is 54.6 Å². The van der Waals surface area contributed by atoms with Gasteiger partial charge in [0.2, 0.25) is 0 Å². The monoisotopic (exact) mass is 334 g/mol. The summed E-state index contributed by atoms with van der Waals surface area (Å²) >= 11 is 0. The second kappa shape index (κ2) is 5.76. The molecule has 0 radical (unpaired) electrons. The zero-order valence-corrected chi connectivity index (χ0v) is 15.3.